The first kappa shape index (κ1) is 12.1. The molecule has 1 heterocycles. The number of hydrogen-bond acceptors (Lipinski definition) is 3. The van der Waals surface area contributed by atoms with Gasteiger partial charge in [-0.05, 0) is 37.8 Å². The van der Waals surface area contributed by atoms with Gasteiger partial charge in [-0.25, -0.2) is 0 Å². The Kier molecular flexibility index (Phi) is 4.82. The quantitative estimate of drug-likeness (QED) is 0.734. The average molecular weight is 238 g/mol. The Morgan fingerprint density at radius 1 is 1.44 bits per heavy atom. The molecule has 3 heteroatoms. The Balaban J connectivity index is 1.48. The third-order valence-electron chi connectivity index (χ3n) is 3.47. The van der Waals surface area contributed by atoms with Gasteiger partial charge in [-0.15, -0.1) is 11.3 Å². The van der Waals surface area contributed by atoms with Gasteiger partial charge >= 0.3 is 0 Å². The SMILES string of the molecule is CN(CCNCCc1cccs1)C1CCC1. The first-order valence-electron chi connectivity index (χ1n) is 6.29. The molecular formula is C13H22N2S. The lowest BCUT2D eigenvalue weighted by Gasteiger charge is -2.34. The van der Waals surface area contributed by atoms with Crippen LogP contribution in [0.4, 0.5) is 0 Å². The fourth-order valence-corrected chi connectivity index (χ4v) is 2.77. The van der Waals surface area contributed by atoms with Crippen LogP contribution in [0.3, 0.4) is 0 Å². The number of rotatable bonds is 7. The molecule has 2 rings (SSSR count). The second-order valence-electron chi connectivity index (χ2n) is 4.64. The molecular weight excluding hydrogens is 216 g/mol. The van der Waals surface area contributed by atoms with Crippen molar-refractivity contribution in [1.82, 2.24) is 10.2 Å². The van der Waals surface area contributed by atoms with E-state index >= 15 is 0 Å². The van der Waals surface area contributed by atoms with Crippen LogP contribution in [0.15, 0.2) is 17.5 Å². The van der Waals surface area contributed by atoms with Crippen molar-refractivity contribution in [2.24, 2.45) is 0 Å². The molecule has 16 heavy (non-hydrogen) atoms. The number of likely N-dealkylation sites (N-methyl/N-ethyl adjacent to an activating group) is 1. The van der Waals surface area contributed by atoms with Gasteiger partial charge in [-0.1, -0.05) is 12.5 Å². The highest BCUT2D eigenvalue weighted by Gasteiger charge is 2.20. The molecule has 0 atom stereocenters. The Morgan fingerprint density at radius 3 is 2.94 bits per heavy atom. The molecule has 0 radical (unpaired) electrons. The van der Waals surface area contributed by atoms with Crippen LogP contribution in [0.25, 0.3) is 0 Å². The molecule has 1 aliphatic rings. The third-order valence-corrected chi connectivity index (χ3v) is 4.40. The van der Waals surface area contributed by atoms with Crippen molar-refractivity contribution < 1.29 is 0 Å². The van der Waals surface area contributed by atoms with E-state index in [4.69, 9.17) is 0 Å². The van der Waals surface area contributed by atoms with Gasteiger partial charge in [0.2, 0.25) is 0 Å². The van der Waals surface area contributed by atoms with Crippen LogP contribution in [-0.4, -0.2) is 37.6 Å². The Labute approximate surface area is 103 Å². The average Bonchev–Trinajstić information content (AvgIpc) is 2.67. The topological polar surface area (TPSA) is 15.3 Å². The van der Waals surface area contributed by atoms with E-state index in [2.05, 4.69) is 34.8 Å². The minimum Gasteiger partial charge on any atom is -0.315 e. The monoisotopic (exact) mass is 238 g/mol. The van der Waals surface area contributed by atoms with Gasteiger partial charge in [0, 0.05) is 30.6 Å². The maximum absolute atomic E-state index is 3.52. The maximum Gasteiger partial charge on any atom is 0.0107 e. The van der Waals surface area contributed by atoms with Gasteiger partial charge in [0.05, 0.1) is 0 Å². The highest BCUT2D eigenvalue weighted by molar-refractivity contribution is 7.09. The summed E-state index contributed by atoms with van der Waals surface area (Å²) in [7, 11) is 2.25. The van der Waals surface area contributed by atoms with Gasteiger partial charge in [-0.2, -0.15) is 0 Å². The third kappa shape index (κ3) is 3.58. The molecule has 1 saturated carbocycles. The van der Waals surface area contributed by atoms with Gasteiger partial charge in [0.25, 0.3) is 0 Å². The predicted molar refractivity (Wildman–Crippen MR) is 71.2 cm³/mol. The van der Waals surface area contributed by atoms with E-state index in [9.17, 15) is 0 Å². The van der Waals surface area contributed by atoms with Crippen LogP contribution < -0.4 is 5.32 Å². The molecule has 1 aromatic rings. The Hall–Kier alpha value is -0.380. The second kappa shape index (κ2) is 6.38. The molecule has 0 amide bonds. The van der Waals surface area contributed by atoms with Crippen LogP contribution in [0.5, 0.6) is 0 Å². The number of thiophene rings is 1. The zero-order valence-corrected chi connectivity index (χ0v) is 10.9. The van der Waals surface area contributed by atoms with Gasteiger partial charge < -0.3 is 10.2 Å². The lowest BCUT2D eigenvalue weighted by molar-refractivity contribution is 0.160. The van der Waals surface area contributed by atoms with Crippen molar-refractivity contribution in [2.45, 2.75) is 31.7 Å². The van der Waals surface area contributed by atoms with E-state index in [0.717, 1.165) is 19.1 Å². The predicted octanol–water partition coefficient (Wildman–Crippen LogP) is 2.36. The standard InChI is InChI=1S/C13H22N2S/c1-15(12-4-2-5-12)10-9-14-8-7-13-6-3-11-16-13/h3,6,11-12,14H,2,4-5,7-10H2,1H3. The minimum atomic E-state index is 0.874. The zero-order valence-electron chi connectivity index (χ0n) is 10.1. The van der Waals surface area contributed by atoms with Crippen LogP contribution >= 0.6 is 11.3 Å². The summed E-state index contributed by atoms with van der Waals surface area (Å²) < 4.78 is 0. The van der Waals surface area contributed by atoms with E-state index in [1.807, 2.05) is 11.3 Å². The smallest absolute Gasteiger partial charge is 0.0107 e. The molecule has 90 valence electrons. The van der Waals surface area contributed by atoms with Crippen molar-refractivity contribution in [1.29, 1.82) is 0 Å². The Bertz CT molecular complexity index is 280. The van der Waals surface area contributed by atoms with E-state index in [1.54, 1.807) is 0 Å². The number of hydrogen-bond donors (Lipinski definition) is 1. The van der Waals surface area contributed by atoms with Crippen molar-refractivity contribution >= 4 is 11.3 Å². The fraction of sp³-hybridized carbons (Fsp3) is 0.692. The van der Waals surface area contributed by atoms with E-state index in [-0.39, 0.29) is 0 Å². The molecule has 1 N–H and O–H groups in total. The molecule has 0 aromatic carbocycles. The first-order chi connectivity index (χ1) is 7.86. The van der Waals surface area contributed by atoms with Crippen molar-refractivity contribution in [3.8, 4) is 0 Å². The second-order valence-corrected chi connectivity index (χ2v) is 5.68. The molecule has 0 bridgehead atoms. The van der Waals surface area contributed by atoms with Crippen molar-refractivity contribution in [3.05, 3.63) is 22.4 Å². The summed E-state index contributed by atoms with van der Waals surface area (Å²) in [5.74, 6) is 0. The highest BCUT2D eigenvalue weighted by atomic mass is 32.1. The minimum absolute atomic E-state index is 0.874. The van der Waals surface area contributed by atoms with E-state index in [1.165, 1.54) is 37.1 Å². The summed E-state index contributed by atoms with van der Waals surface area (Å²) in [6, 6.07) is 5.22. The molecule has 1 aromatic heterocycles. The van der Waals surface area contributed by atoms with Crippen molar-refractivity contribution in [3.63, 3.8) is 0 Å². The van der Waals surface area contributed by atoms with Gasteiger partial charge in [0.1, 0.15) is 0 Å². The highest BCUT2D eigenvalue weighted by Crippen LogP contribution is 2.22. The first-order valence-corrected chi connectivity index (χ1v) is 7.17. The lowest BCUT2D eigenvalue weighted by Crippen LogP contribution is -2.41. The molecule has 1 fully saturated rings. The summed E-state index contributed by atoms with van der Waals surface area (Å²) in [4.78, 5) is 3.99. The lowest BCUT2D eigenvalue weighted by atomic mass is 9.92. The maximum atomic E-state index is 3.52. The molecule has 0 aliphatic heterocycles. The van der Waals surface area contributed by atoms with Crippen LogP contribution in [0, 0.1) is 0 Å². The van der Waals surface area contributed by atoms with Crippen LogP contribution in [0.2, 0.25) is 0 Å². The summed E-state index contributed by atoms with van der Waals surface area (Å²) in [5, 5.41) is 5.68. The molecule has 0 unspecified atom stereocenters. The normalized spacial score (nSPS) is 16.6. The summed E-state index contributed by atoms with van der Waals surface area (Å²) in [6.45, 7) is 3.42. The molecule has 2 nitrogen and oxygen atoms in total. The summed E-state index contributed by atoms with van der Waals surface area (Å²) >= 11 is 1.85. The number of nitrogens with one attached hydrogen (secondary N) is 1. The molecule has 0 spiro atoms. The summed E-state index contributed by atoms with van der Waals surface area (Å²) in [6.07, 6.45) is 5.42. The van der Waals surface area contributed by atoms with Gasteiger partial charge in [0.15, 0.2) is 0 Å². The zero-order chi connectivity index (χ0) is 11.2. The Morgan fingerprint density at radius 2 is 2.31 bits per heavy atom. The largest absolute Gasteiger partial charge is 0.315 e. The number of nitrogens with zero attached hydrogens (tertiary/aromatic N) is 1. The van der Waals surface area contributed by atoms with E-state index in [0.29, 0.717) is 0 Å². The molecule has 1 aliphatic carbocycles. The van der Waals surface area contributed by atoms with Gasteiger partial charge in [-0.3, -0.25) is 0 Å². The fourth-order valence-electron chi connectivity index (χ4n) is 2.06. The van der Waals surface area contributed by atoms with Crippen molar-refractivity contribution in [2.75, 3.05) is 26.7 Å². The summed E-state index contributed by atoms with van der Waals surface area (Å²) in [5.41, 5.74) is 0. The van der Waals surface area contributed by atoms with Crippen LogP contribution in [-0.2, 0) is 6.42 Å². The van der Waals surface area contributed by atoms with Crippen LogP contribution in [0.1, 0.15) is 24.1 Å². The van der Waals surface area contributed by atoms with E-state index < -0.39 is 0 Å². The molecule has 0 saturated heterocycles.